The Morgan fingerprint density at radius 1 is 1.18 bits per heavy atom. The zero-order valence-electron chi connectivity index (χ0n) is 23.0. The molecule has 3 aromatic rings. The predicted molar refractivity (Wildman–Crippen MR) is 143 cm³/mol. The molecule has 204 valence electrons. The van der Waals surface area contributed by atoms with E-state index in [4.69, 9.17) is 0 Å². The Labute approximate surface area is 220 Å². The van der Waals surface area contributed by atoms with Gasteiger partial charge < -0.3 is 20.9 Å². The summed E-state index contributed by atoms with van der Waals surface area (Å²) in [5.41, 5.74) is 0.924. The molecule has 0 unspecified atom stereocenters. The third-order valence-corrected chi connectivity index (χ3v) is 6.83. The summed E-state index contributed by atoms with van der Waals surface area (Å²) < 4.78 is 17.2. The zero-order valence-corrected chi connectivity index (χ0v) is 23.0. The van der Waals surface area contributed by atoms with Crippen LogP contribution in [0.15, 0.2) is 23.1 Å². The van der Waals surface area contributed by atoms with E-state index in [-0.39, 0.29) is 34.8 Å². The van der Waals surface area contributed by atoms with Crippen molar-refractivity contribution < 1.29 is 9.18 Å². The average molecular weight is 527 g/mol. The summed E-state index contributed by atoms with van der Waals surface area (Å²) >= 11 is 0. The molecule has 1 fully saturated rings. The molecule has 1 aliphatic heterocycles. The van der Waals surface area contributed by atoms with Gasteiger partial charge in [0.2, 0.25) is 5.95 Å². The van der Waals surface area contributed by atoms with Gasteiger partial charge in [-0.15, -0.1) is 0 Å². The smallest absolute Gasteiger partial charge is 0.355 e. The summed E-state index contributed by atoms with van der Waals surface area (Å²) in [7, 11) is 4.84. The van der Waals surface area contributed by atoms with Gasteiger partial charge in [0.1, 0.15) is 0 Å². The van der Waals surface area contributed by atoms with Crippen LogP contribution in [0.4, 0.5) is 21.8 Å². The van der Waals surface area contributed by atoms with Gasteiger partial charge in [-0.05, 0) is 75.6 Å². The molecule has 3 N–H and O–H groups in total. The lowest BCUT2D eigenvalue weighted by Gasteiger charge is -2.49. The molecular formula is C25H35FN10O2. The number of aromatic nitrogens is 6. The number of nitrogens with zero attached hydrogens (tertiary/aromatic N) is 7. The quantitative estimate of drug-likeness (QED) is 0.441. The summed E-state index contributed by atoms with van der Waals surface area (Å²) in [5, 5.41) is 17.0. The van der Waals surface area contributed by atoms with Gasteiger partial charge in [-0.1, -0.05) is 0 Å². The van der Waals surface area contributed by atoms with Crippen LogP contribution in [-0.2, 0) is 7.05 Å². The first-order chi connectivity index (χ1) is 17.7. The average Bonchev–Trinajstić information content (AvgIpc) is 3.16. The first-order valence-electron chi connectivity index (χ1n) is 12.4. The number of hydrogen-bond donors (Lipinski definition) is 3. The molecule has 38 heavy (non-hydrogen) atoms. The second-order valence-corrected chi connectivity index (χ2v) is 11.1. The Morgan fingerprint density at radius 3 is 2.42 bits per heavy atom. The Morgan fingerprint density at radius 2 is 1.84 bits per heavy atom. The fourth-order valence-electron chi connectivity index (χ4n) is 5.34. The van der Waals surface area contributed by atoms with Gasteiger partial charge in [0.15, 0.2) is 11.6 Å². The second-order valence-electron chi connectivity index (χ2n) is 11.1. The number of anilines is 3. The molecule has 1 amide bonds. The molecule has 4 rings (SSSR count). The van der Waals surface area contributed by atoms with Crippen LogP contribution in [0.25, 0.3) is 5.69 Å². The number of amides is 1. The molecule has 12 nitrogen and oxygen atoms in total. The van der Waals surface area contributed by atoms with Crippen molar-refractivity contribution in [2.45, 2.75) is 64.6 Å². The summed E-state index contributed by atoms with van der Waals surface area (Å²) in [6.45, 7) is 10.3. The molecule has 13 heteroatoms. The number of benzene rings is 1. The van der Waals surface area contributed by atoms with E-state index in [1.54, 1.807) is 19.1 Å². The van der Waals surface area contributed by atoms with E-state index in [0.29, 0.717) is 22.5 Å². The summed E-state index contributed by atoms with van der Waals surface area (Å²) in [6, 6.07) is 3.31. The van der Waals surface area contributed by atoms with Crippen molar-refractivity contribution in [3.8, 4) is 5.69 Å². The van der Waals surface area contributed by atoms with E-state index in [2.05, 4.69) is 64.0 Å². The molecule has 3 heterocycles. The summed E-state index contributed by atoms with van der Waals surface area (Å²) in [5.74, 6) is -0.565. The number of piperidine rings is 1. The highest BCUT2D eigenvalue weighted by Gasteiger charge is 2.40. The monoisotopic (exact) mass is 526 g/mol. The van der Waals surface area contributed by atoms with Gasteiger partial charge in [0.05, 0.1) is 11.9 Å². The van der Waals surface area contributed by atoms with Crippen LogP contribution in [0.3, 0.4) is 0 Å². The molecule has 0 aliphatic carbocycles. The zero-order chi connectivity index (χ0) is 28.0. The van der Waals surface area contributed by atoms with Crippen molar-refractivity contribution in [1.29, 1.82) is 0 Å². The molecule has 0 atom stereocenters. The van der Waals surface area contributed by atoms with Crippen molar-refractivity contribution in [3.05, 3.63) is 45.8 Å². The number of aryl methyl sites for hydroxylation is 1. The maximum absolute atomic E-state index is 15.0. The topological polar surface area (TPSA) is 135 Å². The van der Waals surface area contributed by atoms with Gasteiger partial charge in [0.25, 0.3) is 5.91 Å². The number of tetrazole rings is 1. The second kappa shape index (κ2) is 9.78. The summed E-state index contributed by atoms with van der Waals surface area (Å²) in [6.07, 6.45) is 2.74. The Bertz CT molecular complexity index is 1410. The number of halogens is 1. The maximum atomic E-state index is 15.0. The first kappa shape index (κ1) is 27.2. The van der Waals surface area contributed by atoms with E-state index in [0.717, 1.165) is 28.4 Å². The van der Waals surface area contributed by atoms with Crippen LogP contribution in [0, 0.1) is 12.7 Å². The summed E-state index contributed by atoms with van der Waals surface area (Å²) in [4.78, 5) is 35.6. The maximum Gasteiger partial charge on any atom is 0.368 e. The highest BCUT2D eigenvalue weighted by atomic mass is 19.1. The minimum atomic E-state index is -0.533. The van der Waals surface area contributed by atoms with Gasteiger partial charge in [-0.3, -0.25) is 4.79 Å². The minimum absolute atomic E-state index is 0.0489. The number of rotatable bonds is 6. The number of carbonyl (C=O) groups is 1. The van der Waals surface area contributed by atoms with Crippen molar-refractivity contribution in [2.75, 3.05) is 24.3 Å². The van der Waals surface area contributed by atoms with Crippen LogP contribution in [-0.4, -0.2) is 66.9 Å². The van der Waals surface area contributed by atoms with Crippen LogP contribution in [0.1, 0.15) is 56.5 Å². The van der Waals surface area contributed by atoms with Crippen LogP contribution in [0.2, 0.25) is 0 Å². The molecule has 1 saturated heterocycles. The molecule has 1 aliphatic rings. The van der Waals surface area contributed by atoms with Crippen LogP contribution < -0.4 is 26.5 Å². The molecule has 0 radical (unpaired) electrons. The van der Waals surface area contributed by atoms with E-state index < -0.39 is 11.5 Å². The fraction of sp³-hybridized carbons (Fsp3) is 0.520. The molecular weight excluding hydrogens is 491 g/mol. The lowest BCUT2D eigenvalue weighted by Crippen LogP contribution is -2.62. The van der Waals surface area contributed by atoms with Gasteiger partial charge in [-0.2, -0.15) is 14.3 Å². The van der Waals surface area contributed by atoms with E-state index >= 15 is 0 Å². The normalized spacial score (nSPS) is 16.8. The van der Waals surface area contributed by atoms with Gasteiger partial charge in [-0.25, -0.2) is 14.2 Å². The Balaban J connectivity index is 1.71. The highest BCUT2D eigenvalue weighted by molar-refractivity contribution is 5.97. The highest BCUT2D eigenvalue weighted by Crippen LogP contribution is 2.34. The third-order valence-electron chi connectivity index (χ3n) is 6.83. The largest absolute Gasteiger partial charge is 0.368 e. The molecule has 2 aromatic heterocycles. The number of hydrogen-bond acceptors (Lipinski definition) is 9. The van der Waals surface area contributed by atoms with Crippen LogP contribution in [0.5, 0.6) is 0 Å². The lowest BCUT2D eigenvalue weighted by atomic mass is 9.79. The molecule has 0 bridgehead atoms. The van der Waals surface area contributed by atoms with Crippen molar-refractivity contribution in [3.63, 3.8) is 0 Å². The van der Waals surface area contributed by atoms with Gasteiger partial charge in [0, 0.05) is 49.5 Å². The number of nitrogens with one attached hydrogen (secondary N) is 3. The molecule has 1 aromatic carbocycles. The standard InChI is InChI=1S/C25H35FN10O2/c1-14-17(21(37)27-6)9-15(10-19(14)36-23(38)35(8)32-33-36)29-22-28-13-18(26)20(30-22)34(7)16-11-24(2,3)31-25(4,5)12-16/h9-10,13,16,31H,11-12H2,1-8H3,(H,27,37)(H,28,29,30). The fourth-order valence-corrected chi connectivity index (χ4v) is 5.34. The molecule has 0 spiro atoms. The minimum Gasteiger partial charge on any atom is -0.355 e. The van der Waals surface area contributed by atoms with E-state index in [1.165, 1.54) is 14.1 Å². The van der Waals surface area contributed by atoms with Crippen molar-refractivity contribution in [2.24, 2.45) is 7.05 Å². The Kier molecular flexibility index (Phi) is 6.99. The predicted octanol–water partition coefficient (Wildman–Crippen LogP) is 2.05. The van der Waals surface area contributed by atoms with E-state index in [9.17, 15) is 14.0 Å². The molecule has 0 saturated carbocycles. The third kappa shape index (κ3) is 5.37. The van der Waals surface area contributed by atoms with E-state index in [1.807, 2.05) is 11.9 Å². The number of carbonyl (C=O) groups excluding carboxylic acids is 1. The van der Waals surface area contributed by atoms with Crippen molar-refractivity contribution in [1.82, 2.24) is 40.4 Å². The lowest BCUT2D eigenvalue weighted by molar-refractivity contribution is 0.0962. The first-order valence-corrected chi connectivity index (χ1v) is 12.4. The SMILES string of the molecule is CNC(=O)c1cc(Nc2ncc(F)c(N(C)C3CC(C)(C)NC(C)(C)C3)n2)cc(-n2nnn(C)c2=O)c1C. The van der Waals surface area contributed by atoms with Gasteiger partial charge >= 0.3 is 5.69 Å². The Hall–Kier alpha value is -3.87. The van der Waals surface area contributed by atoms with Crippen molar-refractivity contribution >= 4 is 23.4 Å². The van der Waals surface area contributed by atoms with Crippen LogP contribution >= 0.6 is 0 Å².